The van der Waals surface area contributed by atoms with Crippen LogP contribution in [0, 0.1) is 11.8 Å². The molecule has 1 saturated carbocycles. The number of hydrogen-bond donors (Lipinski definition) is 1. The third-order valence-corrected chi connectivity index (χ3v) is 5.58. The van der Waals surface area contributed by atoms with Crippen LogP contribution in [0.3, 0.4) is 0 Å². The first-order valence-electron chi connectivity index (χ1n) is 7.21. The van der Waals surface area contributed by atoms with Crippen molar-refractivity contribution < 1.29 is 5.11 Å². The zero-order valence-electron chi connectivity index (χ0n) is 11.3. The first-order chi connectivity index (χ1) is 8.19. The van der Waals surface area contributed by atoms with Gasteiger partial charge in [0.15, 0.2) is 0 Å². The Labute approximate surface area is 110 Å². The van der Waals surface area contributed by atoms with Gasteiger partial charge < -0.3 is 10.0 Å². The number of nitrogens with zero attached hydrogens (tertiary/aromatic N) is 1. The minimum atomic E-state index is -0.0392. The van der Waals surface area contributed by atoms with E-state index in [0.29, 0.717) is 5.92 Å². The number of rotatable bonds is 3. The van der Waals surface area contributed by atoms with E-state index in [1.165, 1.54) is 38.1 Å². The van der Waals surface area contributed by atoms with Gasteiger partial charge in [0.2, 0.25) is 0 Å². The van der Waals surface area contributed by atoms with Gasteiger partial charge in [0, 0.05) is 30.6 Å². The lowest BCUT2D eigenvalue weighted by Gasteiger charge is -2.38. The van der Waals surface area contributed by atoms with E-state index in [0.717, 1.165) is 24.1 Å². The molecule has 0 radical (unpaired) electrons. The van der Waals surface area contributed by atoms with E-state index >= 15 is 0 Å². The largest absolute Gasteiger partial charge is 0.393 e. The van der Waals surface area contributed by atoms with E-state index in [1.807, 2.05) is 0 Å². The molecule has 2 rings (SSSR count). The first kappa shape index (κ1) is 13.7. The molecule has 1 heterocycles. The second-order valence-corrected chi connectivity index (χ2v) is 7.40. The molecule has 3 heteroatoms. The third kappa shape index (κ3) is 3.87. The summed E-state index contributed by atoms with van der Waals surface area (Å²) >= 11 is 2.09. The highest BCUT2D eigenvalue weighted by Crippen LogP contribution is 2.32. The Morgan fingerprint density at radius 1 is 1.35 bits per heavy atom. The van der Waals surface area contributed by atoms with Crippen LogP contribution >= 0.6 is 11.8 Å². The van der Waals surface area contributed by atoms with Crippen molar-refractivity contribution in [3.05, 3.63) is 0 Å². The summed E-state index contributed by atoms with van der Waals surface area (Å²) in [5, 5.41) is 10.9. The average Bonchev–Trinajstić information content (AvgIpc) is 2.32. The molecule has 0 aromatic heterocycles. The number of thioether (sulfide) groups is 1. The Balaban J connectivity index is 1.83. The minimum Gasteiger partial charge on any atom is -0.393 e. The molecule has 1 N–H and O–H groups in total. The maximum Gasteiger partial charge on any atom is 0.0580 e. The van der Waals surface area contributed by atoms with Crippen LogP contribution in [0.4, 0.5) is 0 Å². The Kier molecular flexibility index (Phi) is 5.19. The van der Waals surface area contributed by atoms with Crippen LogP contribution in [0.2, 0.25) is 0 Å². The molecule has 4 unspecified atom stereocenters. The van der Waals surface area contributed by atoms with Gasteiger partial charge in [-0.15, -0.1) is 0 Å². The number of aliphatic hydroxyl groups is 1. The van der Waals surface area contributed by atoms with Gasteiger partial charge in [-0.05, 0) is 31.1 Å². The number of hydrogen-bond acceptors (Lipinski definition) is 3. The van der Waals surface area contributed by atoms with Crippen molar-refractivity contribution in [1.82, 2.24) is 4.90 Å². The van der Waals surface area contributed by atoms with E-state index in [9.17, 15) is 5.11 Å². The van der Waals surface area contributed by atoms with Crippen molar-refractivity contribution in [1.29, 1.82) is 0 Å². The van der Waals surface area contributed by atoms with E-state index in [2.05, 4.69) is 30.5 Å². The lowest BCUT2D eigenvalue weighted by molar-refractivity contribution is 0.0275. The van der Waals surface area contributed by atoms with E-state index in [4.69, 9.17) is 0 Å². The van der Waals surface area contributed by atoms with Crippen LogP contribution in [0.15, 0.2) is 0 Å². The van der Waals surface area contributed by atoms with Gasteiger partial charge in [0.25, 0.3) is 0 Å². The molecule has 1 saturated heterocycles. The van der Waals surface area contributed by atoms with Crippen LogP contribution < -0.4 is 0 Å². The molecular formula is C14H27NOS. The third-order valence-electron chi connectivity index (χ3n) is 4.45. The van der Waals surface area contributed by atoms with Crippen molar-refractivity contribution >= 4 is 11.8 Å². The van der Waals surface area contributed by atoms with Gasteiger partial charge in [0.05, 0.1) is 6.10 Å². The van der Waals surface area contributed by atoms with Crippen LogP contribution in [-0.4, -0.2) is 46.7 Å². The molecule has 100 valence electrons. The smallest absolute Gasteiger partial charge is 0.0580 e. The van der Waals surface area contributed by atoms with Gasteiger partial charge in [-0.25, -0.2) is 0 Å². The van der Waals surface area contributed by atoms with Crippen molar-refractivity contribution in [3.63, 3.8) is 0 Å². The molecule has 2 nitrogen and oxygen atoms in total. The fourth-order valence-electron chi connectivity index (χ4n) is 3.30. The highest BCUT2D eigenvalue weighted by atomic mass is 32.2. The fraction of sp³-hybridized carbons (Fsp3) is 1.00. The normalized spacial score (nSPS) is 40.4. The lowest BCUT2D eigenvalue weighted by Crippen LogP contribution is -2.44. The fourth-order valence-corrected chi connectivity index (χ4v) is 4.38. The molecule has 2 aliphatic rings. The first-order valence-corrected chi connectivity index (χ1v) is 8.26. The van der Waals surface area contributed by atoms with Gasteiger partial charge in [-0.3, -0.25) is 0 Å². The molecule has 0 spiro atoms. The molecule has 2 fully saturated rings. The molecule has 1 aliphatic carbocycles. The molecule has 0 aromatic carbocycles. The quantitative estimate of drug-likeness (QED) is 0.841. The summed E-state index contributed by atoms with van der Waals surface area (Å²) in [6.07, 6.45) is 4.76. The molecule has 17 heavy (non-hydrogen) atoms. The Bertz CT molecular complexity index is 236. The van der Waals surface area contributed by atoms with Crippen molar-refractivity contribution in [2.75, 3.05) is 25.4 Å². The summed E-state index contributed by atoms with van der Waals surface area (Å²) < 4.78 is 0. The lowest BCUT2D eigenvalue weighted by atomic mass is 9.78. The maximum absolute atomic E-state index is 10.1. The maximum atomic E-state index is 10.1. The van der Waals surface area contributed by atoms with E-state index in [-0.39, 0.29) is 6.10 Å². The number of aliphatic hydroxyl groups excluding tert-OH is 1. The van der Waals surface area contributed by atoms with Crippen LogP contribution in [-0.2, 0) is 0 Å². The average molecular weight is 257 g/mol. The molecule has 4 atom stereocenters. The summed E-state index contributed by atoms with van der Waals surface area (Å²) in [7, 11) is 0. The van der Waals surface area contributed by atoms with E-state index in [1.54, 1.807) is 0 Å². The second kappa shape index (κ2) is 6.44. The predicted octanol–water partition coefficient (Wildman–Crippen LogP) is 2.61. The Morgan fingerprint density at radius 2 is 2.18 bits per heavy atom. The summed E-state index contributed by atoms with van der Waals surface area (Å²) in [5.41, 5.74) is 0. The zero-order chi connectivity index (χ0) is 12.3. The zero-order valence-corrected chi connectivity index (χ0v) is 12.1. The second-order valence-electron chi connectivity index (χ2n) is 5.86. The summed E-state index contributed by atoms with van der Waals surface area (Å²) in [6, 6.07) is 0. The Morgan fingerprint density at radius 3 is 2.88 bits per heavy atom. The molecular weight excluding hydrogens is 230 g/mol. The SMILES string of the molecule is CCC1CCC(O)C(CN2CCSC(C)C2)C1. The topological polar surface area (TPSA) is 23.5 Å². The molecule has 1 aliphatic heterocycles. The highest BCUT2D eigenvalue weighted by Gasteiger charge is 2.30. The van der Waals surface area contributed by atoms with Gasteiger partial charge in [0.1, 0.15) is 0 Å². The van der Waals surface area contributed by atoms with Crippen molar-refractivity contribution in [2.24, 2.45) is 11.8 Å². The van der Waals surface area contributed by atoms with Gasteiger partial charge in [-0.2, -0.15) is 11.8 Å². The Hall–Kier alpha value is 0.270. The van der Waals surface area contributed by atoms with Crippen LogP contribution in [0.1, 0.15) is 39.5 Å². The minimum absolute atomic E-state index is 0.0392. The summed E-state index contributed by atoms with van der Waals surface area (Å²) in [6.45, 7) is 8.17. The molecule has 0 bridgehead atoms. The summed E-state index contributed by atoms with van der Waals surface area (Å²) in [4.78, 5) is 2.58. The standard InChI is InChI=1S/C14H27NOS/c1-3-12-4-5-14(16)13(8-12)10-15-6-7-17-11(2)9-15/h11-14,16H,3-10H2,1-2H3. The highest BCUT2D eigenvalue weighted by molar-refractivity contribution is 7.99. The summed E-state index contributed by atoms with van der Waals surface area (Å²) in [5.74, 6) is 2.66. The van der Waals surface area contributed by atoms with Crippen LogP contribution in [0.25, 0.3) is 0 Å². The molecule has 0 amide bonds. The molecule has 0 aromatic rings. The van der Waals surface area contributed by atoms with Crippen molar-refractivity contribution in [3.8, 4) is 0 Å². The van der Waals surface area contributed by atoms with E-state index < -0.39 is 0 Å². The monoisotopic (exact) mass is 257 g/mol. The van der Waals surface area contributed by atoms with Gasteiger partial charge in [-0.1, -0.05) is 20.3 Å². The van der Waals surface area contributed by atoms with Crippen molar-refractivity contribution in [2.45, 2.75) is 50.9 Å². The van der Waals surface area contributed by atoms with Gasteiger partial charge >= 0.3 is 0 Å². The van der Waals surface area contributed by atoms with Crippen LogP contribution in [0.5, 0.6) is 0 Å². The predicted molar refractivity (Wildman–Crippen MR) is 75.5 cm³/mol.